The molecular formula is C15H21Br2NO2. The Morgan fingerprint density at radius 1 is 1.30 bits per heavy atom. The van der Waals surface area contributed by atoms with Gasteiger partial charge in [-0.3, -0.25) is 0 Å². The molecule has 0 aromatic heterocycles. The number of nitrogens with one attached hydrogen (secondary N) is 1. The molecule has 0 radical (unpaired) electrons. The molecule has 0 heterocycles. The molecule has 2 unspecified atom stereocenters. The Bertz CT molecular complexity index is 430. The van der Waals surface area contributed by atoms with Gasteiger partial charge in [0.2, 0.25) is 0 Å². The monoisotopic (exact) mass is 405 g/mol. The molecular weight excluding hydrogens is 386 g/mol. The van der Waals surface area contributed by atoms with Crippen molar-refractivity contribution < 1.29 is 9.84 Å². The standard InChI is InChI=1S/C15H21Br2NO2/c1-2-6-18-9-10-7-11(16)15(12(17)8-10)20-14-5-3-4-13(14)19/h7-8,13-14,18-19H,2-6,9H2,1H3. The molecule has 1 aromatic carbocycles. The molecule has 0 amide bonds. The first-order valence-electron chi connectivity index (χ1n) is 7.15. The van der Waals surface area contributed by atoms with E-state index in [0.717, 1.165) is 53.5 Å². The van der Waals surface area contributed by atoms with Crippen LogP contribution in [0.15, 0.2) is 21.1 Å². The number of hydrogen-bond acceptors (Lipinski definition) is 3. The average molecular weight is 407 g/mol. The lowest BCUT2D eigenvalue weighted by Gasteiger charge is -2.20. The average Bonchev–Trinajstić information content (AvgIpc) is 2.80. The van der Waals surface area contributed by atoms with Crippen LogP contribution in [0.3, 0.4) is 0 Å². The Kier molecular flexibility index (Phi) is 6.33. The summed E-state index contributed by atoms with van der Waals surface area (Å²) in [4.78, 5) is 0. The number of rotatable bonds is 6. The van der Waals surface area contributed by atoms with Gasteiger partial charge in [0.05, 0.1) is 15.0 Å². The highest BCUT2D eigenvalue weighted by molar-refractivity contribution is 9.11. The molecule has 3 nitrogen and oxygen atoms in total. The van der Waals surface area contributed by atoms with Crippen LogP contribution in [0.4, 0.5) is 0 Å². The van der Waals surface area contributed by atoms with Gasteiger partial charge in [-0.1, -0.05) is 6.92 Å². The summed E-state index contributed by atoms with van der Waals surface area (Å²) >= 11 is 7.14. The van der Waals surface area contributed by atoms with Crippen LogP contribution < -0.4 is 10.1 Å². The number of halogens is 2. The molecule has 1 saturated carbocycles. The van der Waals surface area contributed by atoms with Crippen molar-refractivity contribution in [2.75, 3.05) is 6.54 Å². The van der Waals surface area contributed by atoms with Crippen molar-refractivity contribution in [3.8, 4) is 5.75 Å². The summed E-state index contributed by atoms with van der Waals surface area (Å²) in [6.45, 7) is 4.02. The van der Waals surface area contributed by atoms with E-state index in [1.54, 1.807) is 0 Å². The van der Waals surface area contributed by atoms with E-state index in [-0.39, 0.29) is 12.2 Å². The lowest BCUT2D eigenvalue weighted by Crippen LogP contribution is -2.26. The molecule has 0 aliphatic heterocycles. The largest absolute Gasteiger partial charge is 0.485 e. The van der Waals surface area contributed by atoms with E-state index in [4.69, 9.17) is 4.74 Å². The van der Waals surface area contributed by atoms with Gasteiger partial charge < -0.3 is 15.2 Å². The minimum absolute atomic E-state index is 0.0910. The Balaban J connectivity index is 2.06. The van der Waals surface area contributed by atoms with Gasteiger partial charge in [0.15, 0.2) is 0 Å². The summed E-state index contributed by atoms with van der Waals surface area (Å²) in [6, 6.07) is 4.15. The maximum atomic E-state index is 9.86. The second-order valence-electron chi connectivity index (χ2n) is 5.22. The molecule has 0 spiro atoms. The number of hydrogen-bond donors (Lipinski definition) is 2. The van der Waals surface area contributed by atoms with Crippen molar-refractivity contribution in [3.05, 3.63) is 26.6 Å². The zero-order chi connectivity index (χ0) is 14.5. The van der Waals surface area contributed by atoms with Crippen LogP contribution in [0.1, 0.15) is 38.2 Å². The predicted molar refractivity (Wildman–Crippen MR) is 88.1 cm³/mol. The molecule has 0 bridgehead atoms. The molecule has 1 aliphatic carbocycles. The molecule has 5 heteroatoms. The molecule has 2 rings (SSSR count). The first-order chi connectivity index (χ1) is 9.61. The summed E-state index contributed by atoms with van der Waals surface area (Å²) in [6.07, 6.45) is 3.47. The zero-order valence-corrected chi connectivity index (χ0v) is 14.8. The predicted octanol–water partition coefficient (Wildman–Crippen LogP) is 4.00. The third-order valence-corrected chi connectivity index (χ3v) is 4.68. The highest BCUT2D eigenvalue weighted by Crippen LogP contribution is 2.37. The van der Waals surface area contributed by atoms with Gasteiger partial charge in [0.1, 0.15) is 11.9 Å². The third kappa shape index (κ3) is 4.20. The van der Waals surface area contributed by atoms with Gasteiger partial charge in [0, 0.05) is 6.54 Å². The SMILES string of the molecule is CCCNCc1cc(Br)c(OC2CCCC2O)c(Br)c1. The zero-order valence-electron chi connectivity index (χ0n) is 11.7. The van der Waals surface area contributed by atoms with E-state index < -0.39 is 0 Å². The first-order valence-corrected chi connectivity index (χ1v) is 8.73. The van der Waals surface area contributed by atoms with E-state index in [2.05, 4.69) is 56.2 Å². The van der Waals surface area contributed by atoms with Gasteiger partial charge in [-0.05, 0) is 81.8 Å². The smallest absolute Gasteiger partial charge is 0.148 e. The van der Waals surface area contributed by atoms with Gasteiger partial charge in [-0.2, -0.15) is 0 Å². The van der Waals surface area contributed by atoms with Crippen molar-refractivity contribution in [2.45, 2.75) is 51.4 Å². The van der Waals surface area contributed by atoms with E-state index in [0.29, 0.717) is 0 Å². The lowest BCUT2D eigenvalue weighted by atomic mass is 10.2. The molecule has 2 N–H and O–H groups in total. The Morgan fingerprint density at radius 2 is 2.00 bits per heavy atom. The fourth-order valence-corrected chi connectivity index (χ4v) is 3.90. The van der Waals surface area contributed by atoms with Crippen LogP contribution in [-0.4, -0.2) is 23.9 Å². The molecule has 1 aromatic rings. The Labute approximate surface area is 137 Å². The third-order valence-electron chi connectivity index (χ3n) is 3.50. The molecule has 1 fully saturated rings. The summed E-state index contributed by atoms with van der Waals surface area (Å²) in [5, 5.41) is 13.2. The van der Waals surface area contributed by atoms with Crippen LogP contribution in [0.5, 0.6) is 5.75 Å². The topological polar surface area (TPSA) is 41.5 Å². The fourth-order valence-electron chi connectivity index (χ4n) is 2.43. The summed E-state index contributed by atoms with van der Waals surface area (Å²) in [5.41, 5.74) is 1.21. The van der Waals surface area contributed by atoms with Gasteiger partial charge >= 0.3 is 0 Å². The van der Waals surface area contributed by atoms with Crippen molar-refractivity contribution >= 4 is 31.9 Å². The summed E-state index contributed by atoms with van der Waals surface area (Å²) < 4.78 is 7.83. The van der Waals surface area contributed by atoms with Crippen LogP contribution in [-0.2, 0) is 6.54 Å². The maximum Gasteiger partial charge on any atom is 0.148 e. The van der Waals surface area contributed by atoms with Crippen molar-refractivity contribution in [1.29, 1.82) is 0 Å². The molecule has 2 atom stereocenters. The van der Waals surface area contributed by atoms with Crippen molar-refractivity contribution in [3.63, 3.8) is 0 Å². The Morgan fingerprint density at radius 3 is 2.55 bits per heavy atom. The van der Waals surface area contributed by atoms with Crippen LogP contribution in [0, 0.1) is 0 Å². The number of aliphatic hydroxyl groups is 1. The summed E-state index contributed by atoms with van der Waals surface area (Å²) in [5.74, 6) is 0.787. The normalized spacial score (nSPS) is 22.2. The lowest BCUT2D eigenvalue weighted by molar-refractivity contribution is 0.0594. The molecule has 0 saturated heterocycles. The minimum atomic E-state index is -0.348. The van der Waals surface area contributed by atoms with E-state index in [1.165, 1.54) is 5.56 Å². The van der Waals surface area contributed by atoms with Crippen molar-refractivity contribution in [1.82, 2.24) is 5.32 Å². The van der Waals surface area contributed by atoms with Crippen molar-refractivity contribution in [2.24, 2.45) is 0 Å². The molecule has 112 valence electrons. The van der Waals surface area contributed by atoms with E-state index in [9.17, 15) is 5.11 Å². The van der Waals surface area contributed by atoms with Gasteiger partial charge in [0.25, 0.3) is 0 Å². The van der Waals surface area contributed by atoms with Gasteiger partial charge in [-0.15, -0.1) is 0 Å². The van der Waals surface area contributed by atoms with E-state index in [1.807, 2.05) is 0 Å². The number of aliphatic hydroxyl groups excluding tert-OH is 1. The maximum absolute atomic E-state index is 9.86. The van der Waals surface area contributed by atoms with E-state index >= 15 is 0 Å². The highest BCUT2D eigenvalue weighted by Gasteiger charge is 2.28. The van der Waals surface area contributed by atoms with Gasteiger partial charge in [-0.25, -0.2) is 0 Å². The minimum Gasteiger partial charge on any atom is -0.485 e. The van der Waals surface area contributed by atoms with Crippen LogP contribution >= 0.6 is 31.9 Å². The number of ether oxygens (including phenoxy) is 1. The van der Waals surface area contributed by atoms with Crippen LogP contribution in [0.2, 0.25) is 0 Å². The van der Waals surface area contributed by atoms with Crippen LogP contribution in [0.25, 0.3) is 0 Å². The molecule has 1 aliphatic rings. The fraction of sp³-hybridized carbons (Fsp3) is 0.600. The summed E-state index contributed by atoms with van der Waals surface area (Å²) in [7, 11) is 0. The highest BCUT2D eigenvalue weighted by atomic mass is 79.9. The quantitative estimate of drug-likeness (QED) is 0.701. The Hall–Kier alpha value is -0.100. The second-order valence-corrected chi connectivity index (χ2v) is 6.93. The first kappa shape index (κ1) is 16.3. The number of benzene rings is 1. The molecule has 20 heavy (non-hydrogen) atoms. The second kappa shape index (κ2) is 7.78.